The number of urea groups is 1. The molecule has 3 heterocycles. The average Bonchev–Trinajstić information content (AvgIpc) is 3.19. The smallest absolute Gasteiger partial charge is 0.406 e. The molecule has 2 N–H and O–H groups in total. The largest absolute Gasteiger partial charge is 0.573 e. The molecule has 0 aliphatic carbocycles. The first-order chi connectivity index (χ1) is 16.7. The highest BCUT2D eigenvalue weighted by Crippen LogP contribution is 2.30. The van der Waals surface area contributed by atoms with Crippen LogP contribution in [0.4, 0.5) is 34.6 Å². The Hall–Kier alpha value is -3.58. The van der Waals surface area contributed by atoms with E-state index in [0.717, 1.165) is 29.3 Å². The molecule has 0 saturated carbocycles. The fraction of sp³-hybridized carbons (Fsp3) is 0.238. The highest BCUT2D eigenvalue weighted by atomic mass is 35.5. The van der Waals surface area contributed by atoms with Crippen molar-refractivity contribution >= 4 is 51.5 Å². The normalized spacial score (nSPS) is 13.9. The number of thiazole rings is 1. The zero-order chi connectivity index (χ0) is 25.0. The first-order valence-electron chi connectivity index (χ1n) is 10.2. The van der Waals surface area contributed by atoms with Gasteiger partial charge in [0.25, 0.3) is 5.91 Å². The SMILES string of the molecule is O=C(Nc1ccc(OC(F)(F)F)cc1)Nc1nc(C(=O)N2CCN(c3ccccn3)CC2)c(Cl)s1. The number of rotatable bonds is 5. The number of pyridine rings is 1. The second-order valence-electron chi connectivity index (χ2n) is 7.26. The molecule has 2 aromatic heterocycles. The molecular formula is C21H18ClF3N6O3S. The Morgan fingerprint density at radius 1 is 1.03 bits per heavy atom. The molecule has 4 rings (SSSR count). The van der Waals surface area contributed by atoms with E-state index in [2.05, 4.69) is 30.2 Å². The monoisotopic (exact) mass is 526 g/mol. The lowest BCUT2D eigenvalue weighted by Crippen LogP contribution is -2.49. The lowest BCUT2D eigenvalue weighted by molar-refractivity contribution is -0.274. The van der Waals surface area contributed by atoms with Gasteiger partial charge in [-0.05, 0) is 36.4 Å². The predicted octanol–water partition coefficient (Wildman–Crippen LogP) is 4.70. The van der Waals surface area contributed by atoms with E-state index in [1.807, 2.05) is 18.2 Å². The van der Waals surface area contributed by atoms with Crippen molar-refractivity contribution in [3.63, 3.8) is 0 Å². The number of ether oxygens (including phenoxy) is 1. The Morgan fingerprint density at radius 2 is 1.74 bits per heavy atom. The van der Waals surface area contributed by atoms with Gasteiger partial charge in [0.05, 0.1) is 0 Å². The average molecular weight is 527 g/mol. The number of anilines is 3. The van der Waals surface area contributed by atoms with Crippen molar-refractivity contribution < 1.29 is 27.5 Å². The van der Waals surface area contributed by atoms with Gasteiger partial charge < -0.3 is 19.9 Å². The van der Waals surface area contributed by atoms with Gasteiger partial charge in [0.1, 0.15) is 15.9 Å². The number of piperazine rings is 1. The molecule has 0 bridgehead atoms. The van der Waals surface area contributed by atoms with Gasteiger partial charge in [0, 0.05) is 38.1 Å². The third kappa shape index (κ3) is 6.51. The first kappa shape index (κ1) is 24.5. The first-order valence-corrected chi connectivity index (χ1v) is 11.4. The van der Waals surface area contributed by atoms with Gasteiger partial charge >= 0.3 is 12.4 Å². The van der Waals surface area contributed by atoms with Crippen LogP contribution in [0, 0.1) is 0 Å². The third-order valence-electron chi connectivity index (χ3n) is 4.89. The maximum atomic E-state index is 12.9. The Balaban J connectivity index is 1.32. The minimum absolute atomic E-state index is 0.0342. The molecule has 184 valence electrons. The fourth-order valence-electron chi connectivity index (χ4n) is 3.32. The number of halogens is 4. The summed E-state index contributed by atoms with van der Waals surface area (Å²) in [5, 5.41) is 5.01. The minimum Gasteiger partial charge on any atom is -0.406 e. The van der Waals surface area contributed by atoms with E-state index in [0.29, 0.717) is 26.2 Å². The summed E-state index contributed by atoms with van der Waals surface area (Å²) < 4.78 is 40.6. The van der Waals surface area contributed by atoms with E-state index in [4.69, 9.17) is 11.6 Å². The van der Waals surface area contributed by atoms with E-state index in [-0.39, 0.29) is 26.8 Å². The lowest BCUT2D eigenvalue weighted by atomic mass is 10.3. The molecule has 3 amide bonds. The maximum absolute atomic E-state index is 12.9. The number of carbonyl (C=O) groups is 2. The molecule has 1 aliphatic rings. The molecule has 0 radical (unpaired) electrons. The number of benzene rings is 1. The van der Waals surface area contributed by atoms with E-state index in [9.17, 15) is 22.8 Å². The lowest BCUT2D eigenvalue weighted by Gasteiger charge is -2.35. The summed E-state index contributed by atoms with van der Waals surface area (Å²) in [7, 11) is 0. The van der Waals surface area contributed by atoms with Gasteiger partial charge in [0.15, 0.2) is 10.8 Å². The molecule has 1 aromatic carbocycles. The Morgan fingerprint density at radius 3 is 2.37 bits per heavy atom. The summed E-state index contributed by atoms with van der Waals surface area (Å²) in [6, 6.07) is 9.55. The number of nitrogens with zero attached hydrogens (tertiary/aromatic N) is 4. The number of alkyl halides is 3. The highest BCUT2D eigenvalue weighted by Gasteiger charge is 2.31. The molecule has 9 nitrogen and oxygen atoms in total. The van der Waals surface area contributed by atoms with Gasteiger partial charge in [-0.2, -0.15) is 0 Å². The van der Waals surface area contributed by atoms with Gasteiger partial charge in [-0.1, -0.05) is 29.0 Å². The second kappa shape index (κ2) is 10.4. The Labute approximate surface area is 206 Å². The van der Waals surface area contributed by atoms with Gasteiger partial charge in [-0.25, -0.2) is 14.8 Å². The number of hydrogen-bond donors (Lipinski definition) is 2. The van der Waals surface area contributed by atoms with E-state index in [1.54, 1.807) is 11.1 Å². The van der Waals surface area contributed by atoms with Crippen molar-refractivity contribution in [3.05, 3.63) is 58.7 Å². The zero-order valence-corrected chi connectivity index (χ0v) is 19.5. The summed E-state index contributed by atoms with van der Waals surface area (Å²) in [4.78, 5) is 37.3. The molecule has 0 unspecified atom stereocenters. The van der Waals surface area contributed by atoms with E-state index < -0.39 is 18.1 Å². The molecule has 0 atom stereocenters. The van der Waals surface area contributed by atoms with Crippen LogP contribution in [0.3, 0.4) is 0 Å². The summed E-state index contributed by atoms with van der Waals surface area (Å²) >= 11 is 7.13. The quantitative estimate of drug-likeness (QED) is 0.500. The summed E-state index contributed by atoms with van der Waals surface area (Å²) in [5.41, 5.74) is 0.258. The molecule has 0 spiro atoms. The number of amides is 3. The van der Waals surface area contributed by atoms with Crippen molar-refractivity contribution in [1.29, 1.82) is 0 Å². The molecular weight excluding hydrogens is 509 g/mol. The van der Waals surface area contributed by atoms with E-state index >= 15 is 0 Å². The van der Waals surface area contributed by atoms with Crippen molar-refractivity contribution in [1.82, 2.24) is 14.9 Å². The standard InChI is InChI=1S/C21H18ClF3N6O3S/c22-17-16(18(32)31-11-9-30(10-12-31)15-3-1-2-8-26-15)28-20(35-17)29-19(33)27-13-4-6-14(7-5-13)34-21(23,24)25/h1-8H,9-12H2,(H2,27,28,29,33). The van der Waals surface area contributed by atoms with Crippen LogP contribution < -0.4 is 20.3 Å². The molecule has 35 heavy (non-hydrogen) atoms. The Kier molecular flexibility index (Phi) is 7.26. The third-order valence-corrected chi connectivity index (χ3v) is 6.06. The number of carbonyl (C=O) groups excluding carboxylic acids is 2. The van der Waals surface area contributed by atoms with Crippen LogP contribution in [0.2, 0.25) is 4.34 Å². The topological polar surface area (TPSA) is 99.7 Å². The van der Waals surface area contributed by atoms with Crippen LogP contribution in [0.1, 0.15) is 10.5 Å². The summed E-state index contributed by atoms with van der Waals surface area (Å²) in [6.45, 7) is 2.12. The van der Waals surface area contributed by atoms with Crippen LogP contribution in [0.15, 0.2) is 48.7 Å². The van der Waals surface area contributed by atoms with Gasteiger partial charge in [-0.15, -0.1) is 13.2 Å². The van der Waals surface area contributed by atoms with Crippen LogP contribution in [0.5, 0.6) is 5.75 Å². The van der Waals surface area contributed by atoms with Crippen LogP contribution in [-0.2, 0) is 0 Å². The maximum Gasteiger partial charge on any atom is 0.573 e. The van der Waals surface area contributed by atoms with Crippen molar-refractivity contribution in [2.24, 2.45) is 0 Å². The molecule has 1 fully saturated rings. The number of hydrogen-bond acceptors (Lipinski definition) is 7. The van der Waals surface area contributed by atoms with Crippen LogP contribution >= 0.6 is 22.9 Å². The molecule has 14 heteroatoms. The molecule has 3 aromatic rings. The predicted molar refractivity (Wildman–Crippen MR) is 125 cm³/mol. The summed E-state index contributed by atoms with van der Waals surface area (Å²) in [6.07, 6.45) is -3.10. The van der Waals surface area contributed by atoms with Crippen LogP contribution in [-0.4, -0.2) is 59.3 Å². The second-order valence-corrected chi connectivity index (χ2v) is 8.86. The van der Waals surface area contributed by atoms with Gasteiger partial charge in [-0.3, -0.25) is 10.1 Å². The number of aromatic nitrogens is 2. The minimum atomic E-state index is -4.81. The Bertz CT molecular complexity index is 1190. The summed E-state index contributed by atoms with van der Waals surface area (Å²) in [5.74, 6) is 0.0751. The molecule has 1 aliphatic heterocycles. The van der Waals surface area contributed by atoms with Gasteiger partial charge in [0.2, 0.25) is 0 Å². The van der Waals surface area contributed by atoms with Crippen molar-refractivity contribution in [2.45, 2.75) is 6.36 Å². The van der Waals surface area contributed by atoms with E-state index in [1.165, 1.54) is 12.1 Å². The fourth-order valence-corrected chi connectivity index (χ4v) is 4.34. The zero-order valence-electron chi connectivity index (χ0n) is 17.9. The van der Waals surface area contributed by atoms with Crippen LogP contribution in [0.25, 0.3) is 0 Å². The number of nitrogens with one attached hydrogen (secondary N) is 2. The van der Waals surface area contributed by atoms with Crippen molar-refractivity contribution in [2.75, 3.05) is 41.7 Å². The van der Waals surface area contributed by atoms with Crippen molar-refractivity contribution in [3.8, 4) is 5.75 Å². The molecule has 1 saturated heterocycles. The highest BCUT2D eigenvalue weighted by molar-refractivity contribution is 7.20.